The molecule has 14 aromatic rings. The molecule has 9 aromatic carbocycles. The Hall–Kier alpha value is -14.3. The quantitative estimate of drug-likeness (QED) is 0.0356. The van der Waals surface area contributed by atoms with Gasteiger partial charge in [0.25, 0.3) is 33.6 Å². The third kappa shape index (κ3) is 19.3. The van der Waals surface area contributed by atoms with Crippen molar-refractivity contribution in [2.45, 2.75) is 84.5 Å². The number of rotatable bonds is 13. The Labute approximate surface area is 680 Å². The van der Waals surface area contributed by atoms with Crippen molar-refractivity contribution >= 4 is 76.7 Å². The third-order valence-corrected chi connectivity index (χ3v) is 20.6. The van der Waals surface area contributed by atoms with Crippen LogP contribution in [-0.2, 0) is 26.2 Å². The molecule has 4 aliphatic heterocycles. The highest BCUT2D eigenvalue weighted by Gasteiger charge is 2.21. The number of carbonyl (C=O) groups is 1. The second-order valence-corrected chi connectivity index (χ2v) is 28.6. The number of nitrogen functional groups attached to an aromatic ring is 1. The molecular formula is C92H85N7O20. The summed E-state index contributed by atoms with van der Waals surface area (Å²) in [6, 6.07) is 56.6. The smallest absolute Gasteiger partial charge is 0.343 e. The van der Waals surface area contributed by atoms with E-state index in [-0.39, 0.29) is 57.8 Å². The minimum atomic E-state index is -0.564. The second-order valence-electron chi connectivity index (χ2n) is 28.6. The van der Waals surface area contributed by atoms with Gasteiger partial charge in [0.05, 0.1) is 70.4 Å². The molecule has 119 heavy (non-hydrogen) atoms. The van der Waals surface area contributed by atoms with E-state index in [2.05, 4.69) is 4.42 Å². The fourth-order valence-electron chi connectivity index (χ4n) is 14.6. The topological polar surface area (TPSA) is 342 Å². The van der Waals surface area contributed by atoms with Crippen molar-refractivity contribution in [1.82, 2.24) is 18.3 Å². The number of aromatic nitrogens is 4. The molecule has 608 valence electrons. The first-order valence-corrected chi connectivity index (χ1v) is 39.1. The van der Waals surface area contributed by atoms with Gasteiger partial charge in [-0.15, -0.1) is 0 Å². The standard InChI is InChI=1S/C21H19NO5.C19H17NO3.C18H14N2O5.C18H16N2O3.C9H5NO4.C7H14/c23-9-7-18(24)16-2-1-3-17-15(16)6-8-22(21(17)25)13-14-4-5-19-20(12-14)27-11-10-26-19;1-13-3-2-4-16-15(13)7-8-20(19(16)21)12-14-5-6-17-18(11-14)23-10-9-22-17;21-18-14-2-1-3-15(20(22)23)13(14)6-7-19(18)11-12-4-5-16-17(10-12)25-9-8-24-16;19-15-3-1-2-14-13(15)6-7-20(18(14)21)11-12-4-5-16-17(10-12)23-9-8-22-16;11-9-7-2-1-3-8(10(12)13)6(7)4-5-14-9;1-2-4-6-7-5-3-1/h1-6,8,12,23H,7,9-11,13H2;2-8,11H,9-10,12H2,1H3;1-7,10H,8-9,11H2;1-7,10H,8-9,11,19H2;1-5H;1-7H2. The largest absolute Gasteiger partial charge is 0.486 e. The van der Waals surface area contributed by atoms with Gasteiger partial charge in [-0.25, -0.2) is 4.79 Å². The number of pyridine rings is 4. The van der Waals surface area contributed by atoms with E-state index >= 15 is 0 Å². The van der Waals surface area contributed by atoms with E-state index in [4.69, 9.17) is 48.7 Å². The van der Waals surface area contributed by atoms with Crippen molar-refractivity contribution in [3.63, 3.8) is 0 Å². The first-order valence-electron chi connectivity index (χ1n) is 39.1. The Morgan fingerprint density at radius 3 is 1.09 bits per heavy atom. The van der Waals surface area contributed by atoms with Crippen LogP contribution >= 0.6 is 0 Å². The van der Waals surface area contributed by atoms with Gasteiger partial charge in [-0.2, -0.15) is 0 Å². The molecule has 0 radical (unpaired) electrons. The number of aryl methyl sites for hydroxylation is 1. The van der Waals surface area contributed by atoms with Crippen LogP contribution in [0, 0.1) is 27.2 Å². The maximum absolute atomic E-state index is 12.9. The number of ketones is 1. The van der Waals surface area contributed by atoms with Gasteiger partial charge in [-0.1, -0.05) is 112 Å². The Morgan fingerprint density at radius 1 is 0.370 bits per heavy atom. The molecule has 27 heteroatoms. The molecule has 19 rings (SSSR count). The second kappa shape index (κ2) is 38.0. The van der Waals surface area contributed by atoms with Gasteiger partial charge in [-0.05, 0) is 161 Å². The summed E-state index contributed by atoms with van der Waals surface area (Å²) in [5.74, 6) is 5.56. The van der Waals surface area contributed by atoms with Crippen molar-refractivity contribution in [3.8, 4) is 46.0 Å². The Morgan fingerprint density at radius 2 is 0.689 bits per heavy atom. The number of nitrogens with two attached hydrogens (primary N) is 1. The number of ether oxygens (including phenoxy) is 8. The van der Waals surface area contributed by atoms with E-state index in [9.17, 15) is 49.0 Å². The number of hydrogen-bond donors (Lipinski definition) is 2. The summed E-state index contributed by atoms with van der Waals surface area (Å²) in [4.78, 5) is 94.9. The molecule has 1 saturated carbocycles. The number of aliphatic hydroxyl groups excluding tert-OH is 1. The predicted molar refractivity (Wildman–Crippen MR) is 452 cm³/mol. The maximum Gasteiger partial charge on any atom is 0.343 e. The van der Waals surface area contributed by atoms with Crippen molar-refractivity contribution in [2.75, 3.05) is 65.2 Å². The number of hydrogen-bond acceptors (Lipinski definition) is 21. The van der Waals surface area contributed by atoms with Crippen LogP contribution in [0.5, 0.6) is 46.0 Å². The number of non-ortho nitro benzene ring substituents is 2. The van der Waals surface area contributed by atoms with Crippen molar-refractivity contribution in [2.24, 2.45) is 0 Å². The molecule has 5 aliphatic rings. The van der Waals surface area contributed by atoms with Gasteiger partial charge < -0.3 is 71.4 Å². The molecule has 27 nitrogen and oxygen atoms in total. The number of fused-ring (bicyclic) bond motifs is 9. The van der Waals surface area contributed by atoms with Crippen LogP contribution in [0.25, 0.3) is 53.9 Å². The lowest BCUT2D eigenvalue weighted by molar-refractivity contribution is -0.383. The van der Waals surface area contributed by atoms with Crippen LogP contribution in [0.3, 0.4) is 0 Å². The molecule has 0 atom stereocenters. The first-order chi connectivity index (χ1) is 57.9. The van der Waals surface area contributed by atoms with Gasteiger partial charge in [0.1, 0.15) is 52.9 Å². The molecule has 0 amide bonds. The summed E-state index contributed by atoms with van der Waals surface area (Å²) in [5, 5.41) is 36.2. The Bertz CT molecular complexity index is 6270. The lowest BCUT2D eigenvalue weighted by atomic mass is 10.0. The van der Waals surface area contributed by atoms with Crippen LogP contribution in [0.1, 0.15) is 89.5 Å². The minimum absolute atomic E-state index is 0.0288. The summed E-state index contributed by atoms with van der Waals surface area (Å²) in [7, 11) is 0. The van der Waals surface area contributed by atoms with Crippen LogP contribution in [-0.4, -0.2) is 98.5 Å². The fourth-order valence-corrected chi connectivity index (χ4v) is 14.6. The molecule has 0 saturated heterocycles. The van der Waals surface area contributed by atoms with Gasteiger partial charge >= 0.3 is 5.63 Å². The number of benzene rings is 9. The average molecular weight is 1610 g/mol. The van der Waals surface area contributed by atoms with Crippen molar-refractivity contribution in [3.05, 3.63) is 331 Å². The Kier molecular flexibility index (Phi) is 25.9. The monoisotopic (exact) mass is 1610 g/mol. The Balaban J connectivity index is 0.000000121. The number of nitro groups is 2. The number of aliphatic hydroxyl groups is 1. The number of Topliss-reactive ketones (excluding diaryl/α,β-unsaturated/α-hetero) is 1. The third-order valence-electron chi connectivity index (χ3n) is 20.6. The van der Waals surface area contributed by atoms with Crippen LogP contribution in [0.2, 0.25) is 0 Å². The SMILES string of the molecule is C1CCCCCC1.Cc1cccc2c(=O)n(Cc3ccc4c(c3)OCCO4)ccc12.Nc1cccc2c(=O)n(Cc3ccc4c(c3)OCCO4)ccc12.O=C(CCO)c1cccc2c(=O)n(Cc3ccc4c(c3)OCCO4)ccc12.O=c1c2cccc([N+](=O)[O-])c2ccn1Cc1ccc2c(c1)OCCO2.O=c1occc2c([N+](=O)[O-])cccc12. The van der Waals surface area contributed by atoms with Gasteiger partial charge in [0, 0.05) is 76.1 Å². The highest BCUT2D eigenvalue weighted by Crippen LogP contribution is 2.36. The molecular weight excluding hydrogens is 1520 g/mol. The summed E-state index contributed by atoms with van der Waals surface area (Å²) in [6.45, 7) is 7.85. The molecule has 1 fully saturated rings. The lowest BCUT2D eigenvalue weighted by Gasteiger charge is -2.19. The molecule has 3 N–H and O–H groups in total. The highest BCUT2D eigenvalue weighted by atomic mass is 16.6. The van der Waals surface area contributed by atoms with Crippen LogP contribution < -0.4 is 71.5 Å². The summed E-state index contributed by atoms with van der Waals surface area (Å²) in [6.07, 6.45) is 18.6. The number of anilines is 1. The van der Waals surface area contributed by atoms with Crippen molar-refractivity contribution < 1.29 is 62.1 Å². The molecule has 5 aromatic heterocycles. The summed E-state index contributed by atoms with van der Waals surface area (Å²) >= 11 is 0. The van der Waals surface area contributed by atoms with Crippen LogP contribution in [0.4, 0.5) is 17.1 Å². The molecule has 0 bridgehead atoms. The van der Waals surface area contributed by atoms with Gasteiger partial charge in [-0.3, -0.25) is 44.2 Å². The molecule has 0 spiro atoms. The molecule has 9 heterocycles. The summed E-state index contributed by atoms with van der Waals surface area (Å²) < 4.78 is 55.5. The average Bonchev–Trinajstić information content (AvgIpc) is 0.806. The van der Waals surface area contributed by atoms with Crippen molar-refractivity contribution in [1.29, 1.82) is 0 Å². The molecule has 1 aliphatic carbocycles. The number of carbonyl (C=O) groups excluding carboxylic acids is 1. The minimum Gasteiger partial charge on any atom is -0.486 e. The highest BCUT2D eigenvalue weighted by molar-refractivity contribution is 6.08. The lowest BCUT2D eigenvalue weighted by Crippen LogP contribution is -2.21. The first kappa shape index (κ1) is 81.2. The summed E-state index contributed by atoms with van der Waals surface area (Å²) in [5.41, 5.74) is 10.8. The normalized spacial score (nSPS) is 13.4. The van der Waals surface area contributed by atoms with E-state index in [0.717, 1.165) is 73.2 Å². The van der Waals surface area contributed by atoms with E-state index in [0.29, 0.717) is 146 Å². The van der Waals surface area contributed by atoms with Crippen LogP contribution in [0.15, 0.2) is 254 Å². The van der Waals surface area contributed by atoms with E-state index in [1.165, 1.54) is 85.9 Å². The zero-order valence-electron chi connectivity index (χ0n) is 65.2. The fraction of sp³-hybridized carbons (Fsp3) is 0.239. The van der Waals surface area contributed by atoms with E-state index in [1.807, 2.05) is 116 Å². The molecule has 0 unspecified atom stereocenters. The van der Waals surface area contributed by atoms with Gasteiger partial charge in [0.15, 0.2) is 51.8 Å². The number of nitrogens with zero attached hydrogens (tertiary/aromatic N) is 6. The zero-order valence-corrected chi connectivity index (χ0v) is 65.2. The predicted octanol–water partition coefficient (Wildman–Crippen LogP) is 15.1. The van der Waals surface area contributed by atoms with E-state index < -0.39 is 15.5 Å². The van der Waals surface area contributed by atoms with E-state index in [1.54, 1.807) is 86.9 Å². The zero-order chi connectivity index (χ0) is 82.9. The number of nitro benzene ring substituents is 2. The maximum atomic E-state index is 12.9. The van der Waals surface area contributed by atoms with Gasteiger partial charge in [0.2, 0.25) is 0 Å².